The van der Waals surface area contributed by atoms with Gasteiger partial charge in [-0.3, -0.25) is 0 Å². The summed E-state index contributed by atoms with van der Waals surface area (Å²) in [5, 5.41) is 0. The van der Waals surface area contributed by atoms with E-state index in [4.69, 9.17) is 0 Å². The van der Waals surface area contributed by atoms with Gasteiger partial charge in [0, 0.05) is 4.28 Å². The maximum Gasteiger partial charge on any atom is 1.00 e. The van der Waals surface area contributed by atoms with Crippen molar-refractivity contribution in [3.05, 3.63) is 12.8 Å². The Labute approximate surface area is 509 Å². The van der Waals surface area contributed by atoms with Gasteiger partial charge in [-0.05, 0) is 127 Å². The van der Waals surface area contributed by atoms with E-state index in [1.807, 2.05) is 0 Å². The molecule has 0 aromatic carbocycles. The van der Waals surface area contributed by atoms with Crippen LogP contribution in [0.5, 0.6) is 0 Å². The molecule has 0 N–H and O–H groups in total. The zero-order valence-corrected chi connectivity index (χ0v) is 51.9. The fourth-order valence-corrected chi connectivity index (χ4v) is 15.9. The molecular formula is C69H142I2Li-. The Balaban J connectivity index is -0.000000291. The van der Waals surface area contributed by atoms with Gasteiger partial charge in [0.25, 0.3) is 0 Å². The van der Waals surface area contributed by atoms with Gasteiger partial charge in [0.15, 0.2) is 0 Å². The maximum atomic E-state index is 2.51. The van der Waals surface area contributed by atoms with Crippen molar-refractivity contribution in [2.45, 2.75) is 335 Å². The molecule has 9 rings (SSSR count). The Bertz CT molecular complexity index is 1100. The Morgan fingerprint density at radius 3 is 0.500 bits per heavy atom. The van der Waals surface area contributed by atoms with E-state index in [0.29, 0.717) is 0 Å². The van der Waals surface area contributed by atoms with Crippen LogP contribution >= 0.6 is 48.0 Å². The first-order valence-electron chi connectivity index (χ1n) is 31.2. The molecule has 0 nitrogen and oxygen atoms in total. The van der Waals surface area contributed by atoms with Crippen molar-refractivity contribution in [2.24, 2.45) is 94.7 Å². The van der Waals surface area contributed by atoms with Gasteiger partial charge in [0.05, 0.1) is 0 Å². The third-order valence-corrected chi connectivity index (χ3v) is 21.2. The van der Waals surface area contributed by atoms with Crippen LogP contribution in [0.25, 0.3) is 0 Å². The van der Waals surface area contributed by atoms with E-state index >= 15 is 0 Å². The van der Waals surface area contributed by atoms with Crippen LogP contribution in [0.2, 0.25) is 0 Å². The van der Waals surface area contributed by atoms with Crippen molar-refractivity contribution in [1.29, 1.82) is 0 Å². The van der Waals surface area contributed by atoms with E-state index < -0.39 is 0 Å². The number of halogens is 2. The molecule has 0 bridgehead atoms. The van der Waals surface area contributed by atoms with Crippen molar-refractivity contribution < 1.29 is 23.1 Å². The second kappa shape index (κ2) is 43.8. The molecular weight excluding hydrogens is 1090 g/mol. The van der Waals surface area contributed by atoms with Gasteiger partial charge in [-0.2, -0.15) is 25.7 Å². The van der Waals surface area contributed by atoms with Gasteiger partial charge in [0.1, 0.15) is 0 Å². The van der Waals surface area contributed by atoms with Crippen LogP contribution in [0.15, 0.2) is 0 Å². The van der Waals surface area contributed by atoms with E-state index in [1.165, 1.54) is 141 Å². The summed E-state index contributed by atoms with van der Waals surface area (Å²) in [6.07, 6.45) is 67.2. The third kappa shape index (κ3) is 31.2. The number of hydrogen-bond donors (Lipinski definition) is 0. The van der Waals surface area contributed by atoms with Crippen LogP contribution in [0.4, 0.5) is 0 Å². The molecule has 0 unspecified atom stereocenters. The molecule has 9 aliphatic carbocycles. The third-order valence-electron chi connectivity index (χ3n) is 21.2. The molecule has 0 aromatic heterocycles. The molecule has 0 spiro atoms. The van der Waals surface area contributed by atoms with E-state index in [1.54, 1.807) is 122 Å². The minimum Gasteiger partial charge on any atom is -0.328 e. The van der Waals surface area contributed by atoms with E-state index in [-0.39, 0.29) is 101 Å². The molecule has 0 aromatic rings. The van der Waals surface area contributed by atoms with Crippen LogP contribution in [0.3, 0.4) is 0 Å². The van der Waals surface area contributed by atoms with Gasteiger partial charge >= 0.3 is 18.9 Å². The summed E-state index contributed by atoms with van der Waals surface area (Å²) in [5.74, 6) is 17.0. The minimum absolute atomic E-state index is 0. The average molecular weight is 1230 g/mol. The molecule has 9 aliphatic rings. The molecule has 72 heavy (non-hydrogen) atoms. The first-order valence-corrected chi connectivity index (χ1v) is 31.2. The van der Waals surface area contributed by atoms with Crippen LogP contribution < -0.4 is 18.9 Å². The zero-order chi connectivity index (χ0) is 45.6. The standard InChI is InChI=1S/C22H40.C21H37.C15H28.C7H13.4CH4.2HI.Li.3H2/c1-17-3-7-19(8-4-17)15-21-11-13-22(14-12-21)16-20-9-5-18(2)6-10-20;1-17-7-9-19(10-8-17)16-21-13-11-20(12-14-21)15-18-5-3-2-4-6-18;1-12-3-7-14(8-4-12)11-15-9-5-13(2)6-10-15;1-7-5-3-2-4-6-7;;;;;;;;;;/h17-22H,3-16H2,1-2H3;2,17-21H,3-16H2,1H3;12-15H,3-11H2,1-2H3;2,7H,3-6H2,1H3;4*1H4;2*1H;;3*1H/q;-1;;-1;;;;;;;+1;;;. The molecule has 9 fully saturated rings. The summed E-state index contributed by atoms with van der Waals surface area (Å²) in [6, 6.07) is 0. The van der Waals surface area contributed by atoms with Crippen LogP contribution in [0.1, 0.15) is 339 Å². The smallest absolute Gasteiger partial charge is 0.328 e. The Morgan fingerprint density at radius 2 is 0.347 bits per heavy atom. The molecule has 0 aliphatic heterocycles. The summed E-state index contributed by atoms with van der Waals surface area (Å²) in [5.41, 5.74) is 0. The molecule has 0 amide bonds. The Kier molecular flexibility index (Phi) is 46.3. The van der Waals surface area contributed by atoms with Gasteiger partial charge < -0.3 is 12.8 Å². The summed E-state index contributed by atoms with van der Waals surface area (Å²) < 4.78 is 0. The summed E-state index contributed by atoms with van der Waals surface area (Å²) in [7, 11) is 0. The largest absolute Gasteiger partial charge is 1.00 e. The molecule has 0 saturated heterocycles. The first-order chi connectivity index (χ1) is 31.6. The monoisotopic (exact) mass is 1230 g/mol. The van der Waals surface area contributed by atoms with Crippen molar-refractivity contribution >= 4 is 48.0 Å². The van der Waals surface area contributed by atoms with Crippen molar-refractivity contribution in [1.82, 2.24) is 0 Å². The predicted molar refractivity (Wildman–Crippen MR) is 352 cm³/mol. The van der Waals surface area contributed by atoms with Crippen LogP contribution in [0, 0.1) is 108 Å². The molecule has 434 valence electrons. The first kappa shape index (κ1) is 76.1. The van der Waals surface area contributed by atoms with Gasteiger partial charge in [-0.15, -0.1) is 48.0 Å². The summed E-state index contributed by atoms with van der Waals surface area (Å²) >= 11 is 0. The fourth-order valence-electron chi connectivity index (χ4n) is 15.9. The van der Waals surface area contributed by atoms with Gasteiger partial charge in [-0.25, -0.2) is 0 Å². The van der Waals surface area contributed by atoms with E-state index in [2.05, 4.69) is 54.4 Å². The predicted octanol–water partition coefficient (Wildman–Crippen LogP) is 23.0. The Morgan fingerprint density at radius 1 is 0.222 bits per heavy atom. The van der Waals surface area contributed by atoms with Crippen LogP contribution in [-0.4, -0.2) is 0 Å². The molecule has 0 radical (unpaired) electrons. The van der Waals surface area contributed by atoms with E-state index in [9.17, 15) is 0 Å². The van der Waals surface area contributed by atoms with Crippen molar-refractivity contribution in [3.8, 4) is 0 Å². The quantitative estimate of drug-likeness (QED) is 0.116. The normalized spacial score (nSPS) is 36.2. The number of hydrogen-bond acceptors (Lipinski definition) is 0. The van der Waals surface area contributed by atoms with Crippen molar-refractivity contribution in [2.75, 3.05) is 0 Å². The zero-order valence-electron chi connectivity index (χ0n) is 47.2. The number of rotatable bonds is 10. The van der Waals surface area contributed by atoms with E-state index in [0.717, 1.165) is 94.7 Å². The summed E-state index contributed by atoms with van der Waals surface area (Å²) in [6.45, 7) is 14.6. The molecule has 0 heterocycles. The molecule has 0 atom stereocenters. The topological polar surface area (TPSA) is 0 Å². The SMILES string of the molecule is C.C.C.C.CC1CCC(CC2CCC(C)CC2)CC1.CC1CCC(CC2CCC(CC3CCC(C)CC3)CC2)CC1.CC1CCC(CC2CCC(CC3CC[CH-]CC3)CC2)CC1.CC1CC[CH-]CC1.I.I.[HH].[HH].[HH].[Li+]. The molecule has 9 saturated carbocycles. The van der Waals surface area contributed by atoms with Gasteiger partial charge in [-0.1, -0.05) is 277 Å². The summed E-state index contributed by atoms with van der Waals surface area (Å²) in [4.78, 5) is 0. The van der Waals surface area contributed by atoms with Crippen molar-refractivity contribution in [3.63, 3.8) is 0 Å². The van der Waals surface area contributed by atoms with Crippen LogP contribution in [-0.2, 0) is 0 Å². The fraction of sp³-hybridized carbons (Fsp3) is 0.971. The second-order valence-corrected chi connectivity index (χ2v) is 27.4. The minimum atomic E-state index is 0. The Hall–Kier alpha value is 2.06. The average Bonchev–Trinajstić information content (AvgIpc) is 3.33. The van der Waals surface area contributed by atoms with Gasteiger partial charge in [0.2, 0.25) is 0 Å². The maximum absolute atomic E-state index is 2.51. The molecule has 3 heteroatoms. The second-order valence-electron chi connectivity index (χ2n) is 27.4.